The van der Waals surface area contributed by atoms with E-state index >= 15 is 0 Å². The molecule has 6 nitrogen and oxygen atoms in total. The van der Waals surface area contributed by atoms with Crippen molar-refractivity contribution in [3.63, 3.8) is 0 Å². The van der Waals surface area contributed by atoms with Gasteiger partial charge in [-0.25, -0.2) is 9.36 Å². The van der Waals surface area contributed by atoms with Crippen molar-refractivity contribution in [1.82, 2.24) is 9.36 Å². The van der Waals surface area contributed by atoms with Crippen molar-refractivity contribution in [2.75, 3.05) is 0 Å². The van der Waals surface area contributed by atoms with E-state index in [4.69, 9.17) is 4.74 Å². The number of carbonyl (C=O) groups excluding carboxylic acids is 1. The van der Waals surface area contributed by atoms with Gasteiger partial charge in [0.1, 0.15) is 6.10 Å². The molecule has 228 valence electrons. The van der Waals surface area contributed by atoms with E-state index in [1.165, 1.54) is 12.5 Å². The molecule has 3 saturated carbocycles. The van der Waals surface area contributed by atoms with Crippen molar-refractivity contribution in [2.24, 2.45) is 34.5 Å². The van der Waals surface area contributed by atoms with Gasteiger partial charge < -0.3 is 4.74 Å². The fourth-order valence-corrected chi connectivity index (χ4v) is 11.2. The maximum atomic E-state index is 14.8. The van der Waals surface area contributed by atoms with Gasteiger partial charge in [-0.3, -0.25) is 14.4 Å². The van der Waals surface area contributed by atoms with Gasteiger partial charge >= 0.3 is 5.97 Å². The molecule has 43 heavy (non-hydrogen) atoms. The zero-order chi connectivity index (χ0) is 30.5. The largest absolute Gasteiger partial charge is 0.462 e. The van der Waals surface area contributed by atoms with Crippen LogP contribution in [0.1, 0.15) is 86.5 Å². The first kappa shape index (κ1) is 28.6. The fourth-order valence-electron chi connectivity index (χ4n) is 11.2. The van der Waals surface area contributed by atoms with Crippen LogP contribution in [0.25, 0.3) is 10.8 Å². The number of esters is 1. The summed E-state index contributed by atoms with van der Waals surface area (Å²) in [7, 11) is 0. The summed E-state index contributed by atoms with van der Waals surface area (Å²) in [5.41, 5.74) is -0.394. The first-order valence-electron chi connectivity index (χ1n) is 16.4. The number of carbonyl (C=O) groups is 1. The molecular formula is C37H46N2O4. The molecule has 2 aromatic rings. The van der Waals surface area contributed by atoms with Gasteiger partial charge in [-0.05, 0) is 93.6 Å². The summed E-state index contributed by atoms with van der Waals surface area (Å²) in [5.74, 6) is 1.08. The molecule has 1 aromatic heterocycles. The Kier molecular flexibility index (Phi) is 6.27. The lowest BCUT2D eigenvalue weighted by molar-refractivity contribution is -0.205. The second kappa shape index (κ2) is 9.42. The molecule has 2 bridgehead atoms. The van der Waals surface area contributed by atoms with Gasteiger partial charge in [0, 0.05) is 18.8 Å². The van der Waals surface area contributed by atoms with E-state index in [0.29, 0.717) is 29.0 Å². The Labute approximate surface area is 254 Å². The number of rotatable bonds is 4. The average molecular weight is 583 g/mol. The highest BCUT2D eigenvalue weighted by molar-refractivity contribution is 5.80. The first-order valence-corrected chi connectivity index (χ1v) is 16.4. The lowest BCUT2D eigenvalue weighted by atomic mass is 9.40. The van der Waals surface area contributed by atoms with Crippen LogP contribution in [0.15, 0.2) is 69.8 Å². The maximum absolute atomic E-state index is 14.8. The third-order valence-electron chi connectivity index (χ3n) is 12.9. The second-order valence-corrected chi connectivity index (χ2v) is 15.1. The standard InChI is InChI=1S/C37H46N2O4/c1-23(2)10-9-11-24(3)29-14-15-30-34(29,5)18-17-31-35(6)19-16-26(43-25(4)40)22-36(35)20-21-37(30,31)39-33(42)28-13-8-7-12-27(28)32(41)38(36)39/h7-13,20-21,24,26,29-31H,14-19,22H2,1-6H3/b11-9+/t24-,26+,29-,30+,31+,34-,35-,36-,37+/m1/s1. The van der Waals surface area contributed by atoms with E-state index in [1.54, 1.807) is 6.07 Å². The number of aromatic nitrogens is 2. The third-order valence-corrected chi connectivity index (χ3v) is 12.9. The fraction of sp³-hybridized carbons (Fsp3) is 0.595. The van der Waals surface area contributed by atoms with Gasteiger partial charge in [-0.2, -0.15) is 0 Å². The van der Waals surface area contributed by atoms with E-state index in [9.17, 15) is 14.4 Å². The van der Waals surface area contributed by atoms with Crippen LogP contribution in [0.4, 0.5) is 0 Å². The molecule has 0 unspecified atom stereocenters. The molecule has 1 aromatic carbocycles. The zero-order valence-electron chi connectivity index (χ0n) is 26.6. The predicted molar refractivity (Wildman–Crippen MR) is 170 cm³/mol. The summed E-state index contributed by atoms with van der Waals surface area (Å²) < 4.78 is 9.65. The van der Waals surface area contributed by atoms with Crippen molar-refractivity contribution in [1.29, 1.82) is 0 Å². The number of allylic oxidation sites excluding steroid dienone is 6. The lowest BCUT2D eigenvalue weighted by Crippen LogP contribution is -2.78. The summed E-state index contributed by atoms with van der Waals surface area (Å²) in [4.78, 5) is 41.5. The molecule has 3 heterocycles. The summed E-state index contributed by atoms with van der Waals surface area (Å²) in [6.07, 6.45) is 17.6. The van der Waals surface area contributed by atoms with Crippen LogP contribution in [-0.4, -0.2) is 21.4 Å². The number of benzene rings is 1. The van der Waals surface area contributed by atoms with Crippen LogP contribution in [0.2, 0.25) is 0 Å². The van der Waals surface area contributed by atoms with Gasteiger partial charge in [-0.1, -0.05) is 68.9 Å². The predicted octanol–water partition coefficient (Wildman–Crippen LogP) is 6.86. The molecule has 0 N–H and O–H groups in total. The topological polar surface area (TPSA) is 70.3 Å². The van der Waals surface area contributed by atoms with E-state index in [0.717, 1.165) is 38.5 Å². The van der Waals surface area contributed by atoms with E-state index in [1.807, 2.05) is 27.6 Å². The maximum Gasteiger partial charge on any atom is 0.302 e. The Morgan fingerprint density at radius 1 is 0.930 bits per heavy atom. The molecule has 2 spiro atoms. The van der Waals surface area contributed by atoms with Gasteiger partial charge in [0.05, 0.1) is 21.9 Å². The number of fused-ring (bicyclic) bond motifs is 2. The normalized spacial score (nSPS) is 39.6. The molecule has 6 heteroatoms. The Hall–Kier alpha value is -3.15. The lowest BCUT2D eigenvalue weighted by Gasteiger charge is -2.72. The van der Waals surface area contributed by atoms with Crippen LogP contribution in [0.3, 0.4) is 0 Å². The minimum Gasteiger partial charge on any atom is -0.462 e. The third kappa shape index (κ3) is 3.55. The number of hydrogen-bond acceptors (Lipinski definition) is 4. The number of nitrogens with zero attached hydrogens (tertiary/aromatic N) is 2. The Balaban J connectivity index is 1.47. The molecular weight excluding hydrogens is 536 g/mol. The molecule has 6 aliphatic rings. The molecule has 2 aliphatic heterocycles. The molecule has 4 aliphatic carbocycles. The Morgan fingerprint density at radius 2 is 1.63 bits per heavy atom. The summed E-state index contributed by atoms with van der Waals surface area (Å²) in [6.45, 7) is 12.9. The molecule has 0 saturated heterocycles. The Morgan fingerprint density at radius 3 is 2.30 bits per heavy atom. The first-order chi connectivity index (χ1) is 20.4. The smallest absolute Gasteiger partial charge is 0.302 e. The highest BCUT2D eigenvalue weighted by atomic mass is 16.5. The quantitative estimate of drug-likeness (QED) is 0.224. The number of hydrogen-bond donors (Lipinski definition) is 0. The van der Waals surface area contributed by atoms with E-state index in [2.05, 4.69) is 65.0 Å². The van der Waals surface area contributed by atoms with Crippen molar-refractivity contribution in [3.8, 4) is 0 Å². The minimum absolute atomic E-state index is 0.0319. The summed E-state index contributed by atoms with van der Waals surface area (Å²) in [6, 6.07) is 7.33. The van der Waals surface area contributed by atoms with Crippen LogP contribution in [0, 0.1) is 34.5 Å². The van der Waals surface area contributed by atoms with Crippen molar-refractivity contribution >= 4 is 16.7 Å². The van der Waals surface area contributed by atoms with Gasteiger partial charge in [0.25, 0.3) is 11.1 Å². The van der Waals surface area contributed by atoms with Crippen LogP contribution in [0.5, 0.6) is 0 Å². The second-order valence-electron chi connectivity index (χ2n) is 15.1. The molecule has 9 atom stereocenters. The highest BCUT2D eigenvalue weighted by Crippen LogP contribution is 2.74. The van der Waals surface area contributed by atoms with Crippen molar-refractivity contribution in [2.45, 2.75) is 104 Å². The average Bonchev–Trinajstić information content (AvgIpc) is 3.32. The van der Waals surface area contributed by atoms with Crippen LogP contribution < -0.4 is 11.1 Å². The van der Waals surface area contributed by atoms with E-state index < -0.39 is 11.1 Å². The Bertz CT molecular complexity index is 1720. The van der Waals surface area contributed by atoms with Gasteiger partial charge in [-0.15, -0.1) is 0 Å². The molecule has 0 radical (unpaired) electrons. The molecule has 8 rings (SSSR count). The minimum atomic E-state index is -0.732. The molecule has 3 fully saturated rings. The highest BCUT2D eigenvalue weighted by Gasteiger charge is 2.74. The van der Waals surface area contributed by atoms with Crippen molar-refractivity contribution in [3.05, 3.63) is 80.9 Å². The monoisotopic (exact) mass is 582 g/mol. The van der Waals surface area contributed by atoms with Crippen LogP contribution >= 0.6 is 0 Å². The van der Waals surface area contributed by atoms with E-state index in [-0.39, 0.29) is 45.9 Å². The molecule has 0 amide bonds. The van der Waals surface area contributed by atoms with Crippen molar-refractivity contribution < 1.29 is 9.53 Å². The SMILES string of the molecule is CC(=O)O[C@H]1CC[C@]2(C)[C@@H]3CC[C@]4(C)[C@@H]([C@H](C)/C=C/C=C(C)C)CC[C@@H]4[C@@]34C=C[C@]2(C1)n1c(=O)c2ccccc2c(=O)n14. The van der Waals surface area contributed by atoms with Gasteiger partial charge in [0.2, 0.25) is 0 Å². The zero-order valence-corrected chi connectivity index (χ0v) is 26.6. The van der Waals surface area contributed by atoms with Crippen LogP contribution in [-0.2, 0) is 20.6 Å². The summed E-state index contributed by atoms with van der Waals surface area (Å²) >= 11 is 0. The van der Waals surface area contributed by atoms with Gasteiger partial charge in [0.15, 0.2) is 0 Å². The summed E-state index contributed by atoms with van der Waals surface area (Å²) in [5, 5.41) is 0.980. The number of ether oxygens (including phenoxy) is 1.